The number of carboxylic acids is 1. The lowest BCUT2D eigenvalue weighted by Gasteiger charge is -2.21. The first kappa shape index (κ1) is 13.3. The van der Waals surface area contributed by atoms with Crippen molar-refractivity contribution in [1.82, 2.24) is 4.90 Å². The van der Waals surface area contributed by atoms with Crippen LogP contribution in [0.25, 0.3) is 0 Å². The van der Waals surface area contributed by atoms with E-state index in [1.165, 1.54) is 0 Å². The lowest BCUT2D eigenvalue weighted by Crippen LogP contribution is -2.18. The number of methoxy groups -OCH3 is 1. The average Bonchev–Trinajstić information content (AvgIpc) is 2.28. The smallest absolute Gasteiger partial charge is 0.328 e. The molecule has 17 heavy (non-hydrogen) atoms. The van der Waals surface area contributed by atoms with Gasteiger partial charge in [0.15, 0.2) is 0 Å². The number of carboxylic acid groups (broad SMARTS) is 1. The zero-order valence-electron chi connectivity index (χ0n) is 10.3. The van der Waals surface area contributed by atoms with Crippen molar-refractivity contribution in [1.29, 1.82) is 0 Å². The zero-order chi connectivity index (χ0) is 12.8. The molecule has 0 radical (unpaired) electrons. The van der Waals surface area contributed by atoms with Gasteiger partial charge in [0.25, 0.3) is 0 Å². The standard InChI is InChI=1S/C13H17NO3/c1-14(2)12(7-8-13(15)16)10-5-4-6-11(9-10)17-3/h4-9,12H,1-3H3,(H,15,16)/b8-7+. The summed E-state index contributed by atoms with van der Waals surface area (Å²) >= 11 is 0. The topological polar surface area (TPSA) is 49.8 Å². The highest BCUT2D eigenvalue weighted by atomic mass is 16.5. The summed E-state index contributed by atoms with van der Waals surface area (Å²) < 4.78 is 5.15. The van der Waals surface area contributed by atoms with E-state index in [-0.39, 0.29) is 6.04 Å². The molecule has 0 aromatic heterocycles. The fraction of sp³-hybridized carbons (Fsp3) is 0.308. The Morgan fingerprint density at radius 3 is 2.71 bits per heavy atom. The van der Waals surface area contributed by atoms with Crippen LogP contribution in [0.3, 0.4) is 0 Å². The molecule has 0 spiro atoms. The minimum Gasteiger partial charge on any atom is -0.497 e. The first-order valence-electron chi connectivity index (χ1n) is 5.26. The molecular formula is C13H17NO3. The Hall–Kier alpha value is -1.81. The highest BCUT2D eigenvalue weighted by Gasteiger charge is 2.11. The number of likely N-dealkylation sites (N-methyl/N-ethyl adjacent to an activating group) is 1. The molecule has 0 aliphatic carbocycles. The summed E-state index contributed by atoms with van der Waals surface area (Å²) in [5.41, 5.74) is 0.992. The fourth-order valence-corrected chi connectivity index (χ4v) is 1.58. The minimum atomic E-state index is -0.945. The van der Waals surface area contributed by atoms with E-state index in [1.54, 1.807) is 13.2 Å². The van der Waals surface area contributed by atoms with Gasteiger partial charge in [-0.3, -0.25) is 4.90 Å². The number of hydrogen-bond donors (Lipinski definition) is 1. The Balaban J connectivity index is 3.00. The molecule has 0 saturated carbocycles. The summed E-state index contributed by atoms with van der Waals surface area (Å²) in [7, 11) is 5.41. The highest BCUT2D eigenvalue weighted by Crippen LogP contribution is 2.23. The van der Waals surface area contributed by atoms with Crippen LogP contribution >= 0.6 is 0 Å². The molecule has 1 N–H and O–H groups in total. The summed E-state index contributed by atoms with van der Waals surface area (Å²) in [4.78, 5) is 12.5. The van der Waals surface area contributed by atoms with Crippen LogP contribution in [0.4, 0.5) is 0 Å². The lowest BCUT2D eigenvalue weighted by molar-refractivity contribution is -0.131. The van der Waals surface area contributed by atoms with Gasteiger partial charge in [-0.2, -0.15) is 0 Å². The molecule has 4 nitrogen and oxygen atoms in total. The number of hydrogen-bond acceptors (Lipinski definition) is 3. The normalized spacial score (nSPS) is 12.9. The van der Waals surface area contributed by atoms with Crippen molar-refractivity contribution < 1.29 is 14.6 Å². The maximum atomic E-state index is 10.6. The van der Waals surface area contributed by atoms with E-state index >= 15 is 0 Å². The van der Waals surface area contributed by atoms with E-state index < -0.39 is 5.97 Å². The van der Waals surface area contributed by atoms with E-state index in [1.807, 2.05) is 43.3 Å². The van der Waals surface area contributed by atoms with Gasteiger partial charge in [0.05, 0.1) is 13.2 Å². The minimum absolute atomic E-state index is 0.0822. The van der Waals surface area contributed by atoms with E-state index in [0.29, 0.717) is 0 Å². The second kappa shape index (κ2) is 6.06. The van der Waals surface area contributed by atoms with Crippen LogP contribution in [0.15, 0.2) is 36.4 Å². The maximum absolute atomic E-state index is 10.6. The molecular weight excluding hydrogens is 218 g/mol. The van der Waals surface area contributed by atoms with Gasteiger partial charge in [0, 0.05) is 6.08 Å². The molecule has 0 heterocycles. The van der Waals surface area contributed by atoms with Gasteiger partial charge >= 0.3 is 5.97 Å². The molecule has 4 heteroatoms. The van der Waals surface area contributed by atoms with Crippen molar-refractivity contribution in [3.63, 3.8) is 0 Å². The molecule has 1 unspecified atom stereocenters. The Labute approximate surface area is 101 Å². The first-order chi connectivity index (χ1) is 8.04. The largest absolute Gasteiger partial charge is 0.497 e. The molecule has 92 valence electrons. The molecule has 1 atom stereocenters. The van der Waals surface area contributed by atoms with Crippen LogP contribution < -0.4 is 4.74 Å². The van der Waals surface area contributed by atoms with E-state index in [0.717, 1.165) is 17.4 Å². The number of carbonyl (C=O) groups is 1. The number of rotatable bonds is 5. The predicted molar refractivity (Wildman–Crippen MR) is 66.2 cm³/mol. The summed E-state index contributed by atoms with van der Waals surface area (Å²) in [5.74, 6) is -0.183. The quantitative estimate of drug-likeness (QED) is 0.792. The molecule has 0 amide bonds. The van der Waals surface area contributed by atoms with E-state index in [4.69, 9.17) is 9.84 Å². The second-order valence-electron chi connectivity index (χ2n) is 3.88. The predicted octanol–water partition coefficient (Wildman–Crippen LogP) is 1.94. The van der Waals surface area contributed by atoms with E-state index in [2.05, 4.69) is 0 Å². The van der Waals surface area contributed by atoms with Gasteiger partial charge in [-0.05, 0) is 31.8 Å². The second-order valence-corrected chi connectivity index (χ2v) is 3.88. The number of nitrogens with zero attached hydrogens (tertiary/aromatic N) is 1. The summed E-state index contributed by atoms with van der Waals surface area (Å²) in [6, 6.07) is 7.51. The van der Waals surface area contributed by atoms with Crippen LogP contribution in [0.5, 0.6) is 5.75 Å². The monoisotopic (exact) mass is 235 g/mol. The van der Waals surface area contributed by atoms with Gasteiger partial charge in [-0.15, -0.1) is 0 Å². The summed E-state index contributed by atoms with van der Waals surface area (Å²) in [5, 5.41) is 8.66. The van der Waals surface area contributed by atoms with Gasteiger partial charge < -0.3 is 9.84 Å². The molecule has 0 saturated heterocycles. The van der Waals surface area contributed by atoms with Crippen molar-refractivity contribution in [2.24, 2.45) is 0 Å². The number of aliphatic carboxylic acids is 1. The van der Waals surface area contributed by atoms with Gasteiger partial charge in [0.2, 0.25) is 0 Å². The molecule has 1 aromatic carbocycles. The van der Waals surface area contributed by atoms with Crippen molar-refractivity contribution in [2.45, 2.75) is 6.04 Å². The van der Waals surface area contributed by atoms with E-state index in [9.17, 15) is 4.79 Å². The van der Waals surface area contributed by atoms with Crippen LogP contribution in [-0.4, -0.2) is 37.2 Å². The Kier molecular flexibility index (Phi) is 4.72. The van der Waals surface area contributed by atoms with Crippen molar-refractivity contribution in [3.8, 4) is 5.75 Å². The molecule has 0 bridgehead atoms. The van der Waals surface area contributed by atoms with Crippen LogP contribution in [0.2, 0.25) is 0 Å². The van der Waals surface area contributed by atoms with Crippen LogP contribution in [-0.2, 0) is 4.79 Å². The van der Waals surface area contributed by atoms with Crippen molar-refractivity contribution in [2.75, 3.05) is 21.2 Å². The van der Waals surface area contributed by atoms with Gasteiger partial charge in [0.1, 0.15) is 5.75 Å². The van der Waals surface area contributed by atoms with Crippen molar-refractivity contribution >= 4 is 5.97 Å². The third kappa shape index (κ3) is 3.92. The molecule has 0 fully saturated rings. The molecule has 0 aliphatic heterocycles. The first-order valence-corrected chi connectivity index (χ1v) is 5.26. The number of benzene rings is 1. The third-order valence-corrected chi connectivity index (χ3v) is 2.41. The highest BCUT2D eigenvalue weighted by molar-refractivity contribution is 5.79. The fourth-order valence-electron chi connectivity index (χ4n) is 1.58. The summed E-state index contributed by atoms with van der Waals surface area (Å²) in [6.45, 7) is 0. The Morgan fingerprint density at radius 1 is 1.47 bits per heavy atom. The van der Waals surface area contributed by atoms with Crippen LogP contribution in [0, 0.1) is 0 Å². The molecule has 1 aromatic rings. The van der Waals surface area contributed by atoms with Gasteiger partial charge in [-0.1, -0.05) is 18.2 Å². The zero-order valence-corrected chi connectivity index (χ0v) is 10.3. The molecule has 1 rings (SSSR count). The lowest BCUT2D eigenvalue weighted by atomic mass is 10.1. The Morgan fingerprint density at radius 2 is 2.18 bits per heavy atom. The summed E-state index contributed by atoms with van der Waals surface area (Å²) in [6.07, 6.45) is 2.81. The number of ether oxygens (including phenoxy) is 1. The van der Waals surface area contributed by atoms with Crippen molar-refractivity contribution in [3.05, 3.63) is 42.0 Å². The van der Waals surface area contributed by atoms with Crippen LogP contribution in [0.1, 0.15) is 11.6 Å². The van der Waals surface area contributed by atoms with Gasteiger partial charge in [-0.25, -0.2) is 4.79 Å². The average molecular weight is 235 g/mol. The Bertz CT molecular complexity index is 413. The SMILES string of the molecule is COc1cccc(C(/C=C/C(=O)O)N(C)C)c1. The third-order valence-electron chi connectivity index (χ3n) is 2.41. The maximum Gasteiger partial charge on any atom is 0.328 e. The molecule has 0 aliphatic rings.